The first-order valence-electron chi connectivity index (χ1n) is 7.11. The van der Waals surface area contributed by atoms with Gasteiger partial charge in [-0.1, -0.05) is 6.08 Å². The maximum absolute atomic E-state index is 14.3. The van der Waals surface area contributed by atoms with Gasteiger partial charge in [0.05, 0.1) is 5.75 Å². The van der Waals surface area contributed by atoms with E-state index < -0.39 is 21.4 Å². The Bertz CT molecular complexity index is 789. The molecule has 23 heavy (non-hydrogen) atoms. The molecule has 1 aromatic carbocycles. The summed E-state index contributed by atoms with van der Waals surface area (Å²) in [7, 11) is -2.31. The molecule has 1 aliphatic heterocycles. The van der Waals surface area contributed by atoms with Gasteiger partial charge in [-0.05, 0) is 39.0 Å². The molecule has 0 aromatic heterocycles. The largest absolute Gasteiger partial charge is 0.369 e. The van der Waals surface area contributed by atoms with Crippen LogP contribution in [0, 0.1) is 5.82 Å². The van der Waals surface area contributed by atoms with E-state index in [0.29, 0.717) is 5.69 Å². The minimum Gasteiger partial charge on any atom is -0.369 e. The molecule has 0 saturated carbocycles. The number of nitrogens with zero attached hydrogens (tertiary/aromatic N) is 2. The number of allylic oxidation sites excluding steroid dienone is 2. The van der Waals surface area contributed by atoms with Gasteiger partial charge in [-0.3, -0.25) is 0 Å². The number of nitrogens with one attached hydrogen (secondary N) is 1. The number of sulfonamides is 1. The Morgan fingerprint density at radius 3 is 2.74 bits per heavy atom. The molecule has 0 saturated heterocycles. The van der Waals surface area contributed by atoms with Gasteiger partial charge in [0.1, 0.15) is 11.4 Å². The fourth-order valence-corrected chi connectivity index (χ4v) is 3.85. The highest BCUT2D eigenvalue weighted by molar-refractivity contribution is 7.89. The Balaban J connectivity index is 2.54. The van der Waals surface area contributed by atoms with Crippen molar-refractivity contribution in [2.45, 2.75) is 26.3 Å². The zero-order chi connectivity index (χ0) is 17.4. The van der Waals surface area contributed by atoms with Gasteiger partial charge in [0.25, 0.3) is 0 Å². The molecular weight excluding hydrogens is 319 g/mol. The molecule has 1 aromatic rings. The monoisotopic (exact) mass is 340 g/mol. The van der Waals surface area contributed by atoms with E-state index in [-0.39, 0.29) is 17.3 Å². The number of aliphatic imine (C=N–C) groups is 1. The molecule has 0 aliphatic carbocycles. The van der Waals surface area contributed by atoms with Crippen molar-refractivity contribution in [3.8, 4) is 0 Å². The summed E-state index contributed by atoms with van der Waals surface area (Å²) in [6.45, 7) is 5.32. The molecule has 0 amide bonds. The van der Waals surface area contributed by atoms with Crippen molar-refractivity contribution in [3.05, 3.63) is 41.4 Å². The Kier molecular flexibility index (Phi) is 4.39. The van der Waals surface area contributed by atoms with E-state index in [1.54, 1.807) is 19.1 Å². The van der Waals surface area contributed by atoms with E-state index in [0.717, 1.165) is 10.0 Å². The van der Waals surface area contributed by atoms with Crippen LogP contribution in [0.5, 0.6) is 0 Å². The molecule has 1 aliphatic rings. The van der Waals surface area contributed by atoms with Crippen molar-refractivity contribution < 1.29 is 12.8 Å². The second-order valence-electron chi connectivity index (χ2n) is 5.76. The van der Waals surface area contributed by atoms with Gasteiger partial charge >= 0.3 is 0 Å². The third-order valence-corrected chi connectivity index (χ3v) is 5.83. The first-order chi connectivity index (χ1) is 10.6. The van der Waals surface area contributed by atoms with Crippen LogP contribution >= 0.6 is 0 Å². The number of hydrogen-bond donors (Lipinski definition) is 2. The number of halogens is 1. The second kappa shape index (κ2) is 5.84. The first kappa shape index (κ1) is 17.3. The van der Waals surface area contributed by atoms with Crippen molar-refractivity contribution in [1.29, 1.82) is 0 Å². The van der Waals surface area contributed by atoms with Crippen LogP contribution in [0.3, 0.4) is 0 Å². The van der Waals surface area contributed by atoms with Crippen LogP contribution in [0.4, 0.5) is 10.1 Å². The van der Waals surface area contributed by atoms with Crippen molar-refractivity contribution in [2.75, 3.05) is 18.1 Å². The normalized spacial score (nSPS) is 24.3. The maximum Gasteiger partial charge on any atom is 0.239 e. The molecular formula is C15H21FN4O2S. The highest BCUT2D eigenvalue weighted by Gasteiger charge is 2.41. The zero-order valence-electron chi connectivity index (χ0n) is 13.6. The number of nitrogens with two attached hydrogens (primary N) is 1. The third-order valence-electron chi connectivity index (χ3n) is 3.89. The summed E-state index contributed by atoms with van der Waals surface area (Å²) < 4.78 is 39.7. The lowest BCUT2D eigenvalue weighted by molar-refractivity contribution is 0.458. The van der Waals surface area contributed by atoms with E-state index in [1.807, 2.05) is 19.9 Å². The SMILES string of the molecule is CC=C(C)Nc1ccc(F)c([C@]2(C)CS(=O)(=O)N(C)C(N)=N2)c1. The van der Waals surface area contributed by atoms with Crippen LogP contribution in [0.25, 0.3) is 0 Å². The minimum atomic E-state index is -3.64. The molecule has 0 spiro atoms. The number of anilines is 1. The Hall–Kier alpha value is -2.09. The number of rotatable bonds is 3. The molecule has 1 atom stereocenters. The van der Waals surface area contributed by atoms with Gasteiger partial charge < -0.3 is 11.1 Å². The standard InChI is InChI=1S/C15H21FN4O2S/c1-5-10(2)18-11-6-7-13(16)12(8-11)15(3)9-23(21,22)20(4)14(17)19-15/h5-8,18H,9H2,1-4H3,(H2,17,19)/t15-/m0/s1. The van der Waals surface area contributed by atoms with Gasteiger partial charge in [-0.25, -0.2) is 22.1 Å². The van der Waals surface area contributed by atoms with Gasteiger partial charge in [0.15, 0.2) is 0 Å². The molecule has 0 fully saturated rings. The highest BCUT2D eigenvalue weighted by Crippen LogP contribution is 2.34. The predicted octanol–water partition coefficient (Wildman–Crippen LogP) is 1.97. The Labute approximate surface area is 135 Å². The average Bonchev–Trinajstić information content (AvgIpc) is 2.46. The van der Waals surface area contributed by atoms with Crippen LogP contribution in [0.1, 0.15) is 26.3 Å². The van der Waals surface area contributed by atoms with Crippen molar-refractivity contribution in [2.24, 2.45) is 10.7 Å². The summed E-state index contributed by atoms with van der Waals surface area (Å²) in [5.41, 5.74) is 6.17. The van der Waals surface area contributed by atoms with Crippen LogP contribution in [-0.2, 0) is 15.6 Å². The fourth-order valence-electron chi connectivity index (χ4n) is 2.40. The van der Waals surface area contributed by atoms with Gasteiger partial charge in [-0.15, -0.1) is 0 Å². The Morgan fingerprint density at radius 2 is 2.17 bits per heavy atom. The highest BCUT2D eigenvalue weighted by atomic mass is 32.2. The summed E-state index contributed by atoms with van der Waals surface area (Å²) in [6, 6.07) is 4.45. The molecule has 0 unspecified atom stereocenters. The smallest absolute Gasteiger partial charge is 0.239 e. The van der Waals surface area contributed by atoms with Crippen LogP contribution < -0.4 is 11.1 Å². The predicted molar refractivity (Wildman–Crippen MR) is 90.0 cm³/mol. The molecule has 126 valence electrons. The maximum atomic E-state index is 14.3. The lowest BCUT2D eigenvalue weighted by atomic mass is 9.93. The topological polar surface area (TPSA) is 87.8 Å². The molecule has 0 radical (unpaired) electrons. The minimum absolute atomic E-state index is 0.152. The van der Waals surface area contributed by atoms with Crippen molar-refractivity contribution in [1.82, 2.24) is 4.31 Å². The number of benzene rings is 1. The molecule has 8 heteroatoms. The van der Waals surface area contributed by atoms with Crippen LogP contribution in [0.15, 0.2) is 35.0 Å². The summed E-state index contributed by atoms with van der Waals surface area (Å²) in [4.78, 5) is 4.22. The van der Waals surface area contributed by atoms with E-state index in [2.05, 4.69) is 10.3 Å². The van der Waals surface area contributed by atoms with E-state index in [9.17, 15) is 12.8 Å². The summed E-state index contributed by atoms with van der Waals surface area (Å²) in [5.74, 6) is -1.02. The average molecular weight is 340 g/mol. The molecule has 0 bridgehead atoms. The molecule has 1 heterocycles. The van der Waals surface area contributed by atoms with Crippen molar-refractivity contribution >= 4 is 21.7 Å². The zero-order valence-corrected chi connectivity index (χ0v) is 14.4. The Morgan fingerprint density at radius 1 is 1.52 bits per heavy atom. The van der Waals surface area contributed by atoms with Gasteiger partial charge in [0.2, 0.25) is 16.0 Å². The quantitative estimate of drug-likeness (QED) is 0.880. The third kappa shape index (κ3) is 3.31. The lowest BCUT2D eigenvalue weighted by Crippen LogP contribution is -2.50. The summed E-state index contributed by atoms with van der Waals surface area (Å²) in [6.07, 6.45) is 1.88. The van der Waals surface area contributed by atoms with Gasteiger partial charge in [-0.2, -0.15) is 0 Å². The summed E-state index contributed by atoms with van der Waals surface area (Å²) >= 11 is 0. The van der Waals surface area contributed by atoms with Gasteiger partial charge in [0, 0.05) is 24.0 Å². The number of guanidine groups is 1. The van der Waals surface area contributed by atoms with E-state index >= 15 is 0 Å². The number of hydrogen-bond acceptors (Lipinski definition) is 5. The van der Waals surface area contributed by atoms with E-state index in [1.165, 1.54) is 13.1 Å². The van der Waals surface area contributed by atoms with Crippen molar-refractivity contribution in [3.63, 3.8) is 0 Å². The van der Waals surface area contributed by atoms with Crippen LogP contribution in [-0.4, -0.2) is 31.5 Å². The molecule has 3 N–H and O–H groups in total. The first-order valence-corrected chi connectivity index (χ1v) is 8.72. The molecule has 2 rings (SSSR count). The summed E-state index contributed by atoms with van der Waals surface area (Å²) in [5, 5.41) is 3.11. The lowest BCUT2D eigenvalue weighted by Gasteiger charge is -2.34. The van der Waals surface area contributed by atoms with E-state index in [4.69, 9.17) is 5.73 Å². The fraction of sp³-hybridized carbons (Fsp3) is 0.400. The second-order valence-corrected chi connectivity index (χ2v) is 7.76. The van der Waals surface area contributed by atoms with Crippen LogP contribution in [0.2, 0.25) is 0 Å². The molecule has 6 nitrogen and oxygen atoms in total.